The molecule has 2 aliphatic rings. The number of hydrogen-bond donors (Lipinski definition) is 2. The van der Waals surface area contributed by atoms with Gasteiger partial charge in [0.1, 0.15) is 12.1 Å². The normalized spacial score (nSPS) is 19.7. The minimum absolute atomic E-state index is 0.154. The van der Waals surface area contributed by atoms with Crippen LogP contribution < -0.4 is 5.43 Å². The summed E-state index contributed by atoms with van der Waals surface area (Å²) in [4.78, 5) is 62.9. The fraction of sp³-hybridized carbons (Fsp3) is 0.421. The average molecular weight is 403 g/mol. The van der Waals surface area contributed by atoms with Crippen LogP contribution in [0.5, 0.6) is 0 Å². The first kappa shape index (κ1) is 20.5. The molecule has 0 bridgehead atoms. The number of hydrogen-bond acceptors (Lipinski definition) is 7. The molecule has 29 heavy (non-hydrogen) atoms. The maximum Gasteiger partial charge on any atom is 0.330 e. The SMILES string of the molecule is COC(=O)C1CCCNN1C(=O)[C@H](CCC(=O)O)N1C(=O)c2ccccc2C1=O. The Kier molecular flexibility index (Phi) is 5.92. The lowest BCUT2D eigenvalue weighted by Crippen LogP contribution is -2.62. The third-order valence-corrected chi connectivity index (χ3v) is 5.01. The van der Waals surface area contributed by atoms with E-state index < -0.39 is 48.2 Å². The Morgan fingerprint density at radius 1 is 1.21 bits per heavy atom. The van der Waals surface area contributed by atoms with Gasteiger partial charge in [0.2, 0.25) is 0 Å². The predicted molar refractivity (Wildman–Crippen MR) is 97.5 cm³/mol. The third-order valence-electron chi connectivity index (χ3n) is 5.01. The quantitative estimate of drug-likeness (QED) is 0.508. The van der Waals surface area contributed by atoms with Gasteiger partial charge < -0.3 is 9.84 Å². The minimum atomic E-state index is -1.36. The number of carbonyl (C=O) groups excluding carboxylic acids is 4. The van der Waals surface area contributed by atoms with Crippen LogP contribution in [-0.4, -0.2) is 70.4 Å². The number of imide groups is 1. The van der Waals surface area contributed by atoms with Crippen LogP contribution in [0.3, 0.4) is 0 Å². The number of fused-ring (bicyclic) bond motifs is 1. The minimum Gasteiger partial charge on any atom is -0.481 e. The van der Waals surface area contributed by atoms with Crippen molar-refractivity contribution in [2.45, 2.75) is 37.8 Å². The molecule has 2 N–H and O–H groups in total. The Morgan fingerprint density at radius 3 is 2.38 bits per heavy atom. The highest BCUT2D eigenvalue weighted by Gasteiger charge is 2.46. The van der Waals surface area contributed by atoms with Gasteiger partial charge in [0, 0.05) is 13.0 Å². The monoisotopic (exact) mass is 403 g/mol. The Morgan fingerprint density at radius 2 is 1.83 bits per heavy atom. The van der Waals surface area contributed by atoms with Crippen molar-refractivity contribution in [2.75, 3.05) is 13.7 Å². The van der Waals surface area contributed by atoms with Crippen LogP contribution in [0, 0.1) is 0 Å². The van der Waals surface area contributed by atoms with E-state index >= 15 is 0 Å². The summed E-state index contributed by atoms with van der Waals surface area (Å²) < 4.78 is 4.75. The van der Waals surface area contributed by atoms with E-state index in [1.54, 1.807) is 12.1 Å². The molecule has 10 heteroatoms. The molecule has 1 saturated heterocycles. The number of methoxy groups -OCH3 is 1. The number of benzene rings is 1. The van der Waals surface area contributed by atoms with Crippen LogP contribution >= 0.6 is 0 Å². The van der Waals surface area contributed by atoms with Gasteiger partial charge in [0.15, 0.2) is 0 Å². The Balaban J connectivity index is 1.94. The highest BCUT2D eigenvalue weighted by molar-refractivity contribution is 6.22. The largest absolute Gasteiger partial charge is 0.481 e. The number of carboxylic acids is 1. The molecule has 0 spiro atoms. The molecule has 1 unspecified atom stereocenters. The zero-order valence-corrected chi connectivity index (χ0v) is 15.8. The summed E-state index contributed by atoms with van der Waals surface area (Å²) in [5.41, 5.74) is 3.12. The molecule has 10 nitrogen and oxygen atoms in total. The maximum atomic E-state index is 13.3. The maximum absolute atomic E-state index is 13.3. The summed E-state index contributed by atoms with van der Waals surface area (Å²) in [6.45, 7) is 0.410. The van der Waals surface area contributed by atoms with Crippen LogP contribution in [0.4, 0.5) is 0 Å². The van der Waals surface area contributed by atoms with Gasteiger partial charge in [0.25, 0.3) is 17.7 Å². The molecule has 0 aromatic heterocycles. The molecule has 0 radical (unpaired) electrons. The average Bonchev–Trinajstić information content (AvgIpc) is 2.98. The van der Waals surface area contributed by atoms with Gasteiger partial charge in [-0.1, -0.05) is 12.1 Å². The number of hydrazine groups is 1. The first-order chi connectivity index (χ1) is 13.9. The third kappa shape index (κ3) is 3.83. The van der Waals surface area contributed by atoms with Crippen LogP contribution in [0.2, 0.25) is 0 Å². The molecule has 1 fully saturated rings. The number of nitrogens with one attached hydrogen (secondary N) is 1. The smallest absolute Gasteiger partial charge is 0.330 e. The van der Waals surface area contributed by atoms with E-state index in [1.807, 2.05) is 0 Å². The van der Waals surface area contributed by atoms with Gasteiger partial charge in [-0.25, -0.2) is 10.2 Å². The number of ether oxygens (including phenoxy) is 1. The topological polar surface area (TPSA) is 133 Å². The van der Waals surface area contributed by atoms with E-state index in [4.69, 9.17) is 9.84 Å². The van der Waals surface area contributed by atoms with Crippen molar-refractivity contribution in [3.05, 3.63) is 35.4 Å². The van der Waals surface area contributed by atoms with Gasteiger partial charge in [-0.3, -0.25) is 29.1 Å². The van der Waals surface area contributed by atoms with E-state index in [1.165, 1.54) is 19.2 Å². The molecule has 154 valence electrons. The van der Waals surface area contributed by atoms with Crippen molar-refractivity contribution in [2.24, 2.45) is 0 Å². The molecule has 0 saturated carbocycles. The van der Waals surface area contributed by atoms with Gasteiger partial charge in [-0.05, 0) is 31.4 Å². The summed E-state index contributed by atoms with van der Waals surface area (Å²) in [7, 11) is 1.20. The molecule has 0 aliphatic carbocycles. The second-order valence-electron chi connectivity index (χ2n) is 6.77. The highest BCUT2D eigenvalue weighted by atomic mass is 16.5. The first-order valence-electron chi connectivity index (χ1n) is 9.20. The number of amides is 3. The van der Waals surface area contributed by atoms with Crippen molar-refractivity contribution in [3.63, 3.8) is 0 Å². The van der Waals surface area contributed by atoms with Crippen LogP contribution in [-0.2, 0) is 19.1 Å². The van der Waals surface area contributed by atoms with Crippen molar-refractivity contribution in [1.82, 2.24) is 15.3 Å². The number of aliphatic carboxylic acids is 1. The number of esters is 1. The van der Waals surface area contributed by atoms with Gasteiger partial charge in [-0.15, -0.1) is 0 Å². The van der Waals surface area contributed by atoms with Gasteiger partial charge in [-0.2, -0.15) is 0 Å². The number of rotatable bonds is 6. The summed E-state index contributed by atoms with van der Waals surface area (Å²) in [6, 6.07) is 3.86. The van der Waals surface area contributed by atoms with Crippen molar-refractivity contribution >= 4 is 29.7 Å². The number of nitrogens with zero attached hydrogens (tertiary/aromatic N) is 2. The zero-order valence-electron chi connectivity index (χ0n) is 15.8. The molecule has 2 heterocycles. The summed E-state index contributed by atoms with van der Waals surface area (Å²) in [5.74, 6) is -3.86. The molecule has 2 aliphatic heterocycles. The number of carbonyl (C=O) groups is 5. The van der Waals surface area contributed by atoms with Crippen LogP contribution in [0.15, 0.2) is 24.3 Å². The van der Waals surface area contributed by atoms with E-state index in [0.29, 0.717) is 19.4 Å². The molecular weight excluding hydrogens is 382 g/mol. The van der Waals surface area contributed by atoms with Crippen molar-refractivity contribution < 1.29 is 33.8 Å². The molecule has 3 amide bonds. The lowest BCUT2D eigenvalue weighted by Gasteiger charge is -2.37. The van der Waals surface area contributed by atoms with Crippen LogP contribution in [0.1, 0.15) is 46.4 Å². The van der Waals surface area contributed by atoms with E-state index in [9.17, 15) is 24.0 Å². The summed E-state index contributed by atoms with van der Waals surface area (Å²) in [6.07, 6.45) is 0.266. The highest BCUT2D eigenvalue weighted by Crippen LogP contribution is 2.28. The Hall–Kier alpha value is -3.27. The first-order valence-corrected chi connectivity index (χ1v) is 9.20. The Labute approximate surface area is 166 Å². The second kappa shape index (κ2) is 8.39. The molecule has 1 aromatic carbocycles. The molecule has 3 rings (SSSR count). The molecular formula is C19H21N3O7. The second-order valence-corrected chi connectivity index (χ2v) is 6.77. The Bertz CT molecular complexity index is 834. The van der Waals surface area contributed by atoms with Crippen molar-refractivity contribution in [1.29, 1.82) is 0 Å². The van der Waals surface area contributed by atoms with Gasteiger partial charge >= 0.3 is 11.9 Å². The van der Waals surface area contributed by atoms with E-state index in [-0.39, 0.29) is 17.5 Å². The molecule has 2 atom stereocenters. The fourth-order valence-corrected chi connectivity index (χ4v) is 3.60. The fourth-order valence-electron chi connectivity index (χ4n) is 3.60. The lowest BCUT2D eigenvalue weighted by molar-refractivity contribution is -0.160. The van der Waals surface area contributed by atoms with Gasteiger partial charge in [0.05, 0.1) is 18.2 Å². The zero-order chi connectivity index (χ0) is 21.1. The predicted octanol–water partition coefficient (Wildman–Crippen LogP) is 0.185. The van der Waals surface area contributed by atoms with Crippen molar-refractivity contribution in [3.8, 4) is 0 Å². The molecule has 1 aromatic rings. The summed E-state index contributed by atoms with van der Waals surface area (Å²) in [5, 5.41) is 10.1. The number of carboxylic acid groups (broad SMARTS) is 1. The summed E-state index contributed by atoms with van der Waals surface area (Å²) >= 11 is 0. The van der Waals surface area contributed by atoms with E-state index in [2.05, 4.69) is 5.43 Å². The lowest BCUT2D eigenvalue weighted by atomic mass is 10.0. The standard InChI is InChI=1S/C19H21N3O7/c1-29-19(28)14-7-4-10-20-22(14)18(27)13(8-9-15(23)24)21-16(25)11-5-2-3-6-12(11)17(21)26/h2-3,5-6,13-14,20H,4,7-10H2,1H3,(H,23,24)/t13-,14?/m0/s1. The van der Waals surface area contributed by atoms with E-state index in [0.717, 1.165) is 9.91 Å². The van der Waals surface area contributed by atoms with Crippen LogP contribution in [0.25, 0.3) is 0 Å².